The maximum absolute atomic E-state index is 6.47. The van der Waals surface area contributed by atoms with Gasteiger partial charge in [-0.3, -0.25) is 0 Å². The van der Waals surface area contributed by atoms with Crippen LogP contribution in [0.15, 0.2) is 18.2 Å². The Hall–Kier alpha value is -0.730. The summed E-state index contributed by atoms with van der Waals surface area (Å²) in [7, 11) is 0. The van der Waals surface area contributed by atoms with Gasteiger partial charge in [-0.2, -0.15) is 0 Å². The van der Waals surface area contributed by atoms with Crippen LogP contribution >= 0.6 is 11.6 Å². The zero-order valence-electron chi connectivity index (χ0n) is 10.8. The summed E-state index contributed by atoms with van der Waals surface area (Å²) in [5.41, 5.74) is 8.65. The normalized spacial score (nSPS) is 22.0. The van der Waals surface area contributed by atoms with Crippen molar-refractivity contribution in [2.24, 2.45) is 5.73 Å². The fraction of sp³-hybridized carbons (Fsp3) is 0.600. The van der Waals surface area contributed by atoms with E-state index in [2.05, 4.69) is 23.1 Å². The van der Waals surface area contributed by atoms with Gasteiger partial charge in [0.15, 0.2) is 0 Å². The van der Waals surface area contributed by atoms with E-state index >= 15 is 0 Å². The molecule has 3 heteroatoms. The van der Waals surface area contributed by atoms with Gasteiger partial charge in [-0.25, -0.2) is 0 Å². The van der Waals surface area contributed by atoms with Crippen LogP contribution in [-0.4, -0.2) is 19.6 Å². The number of anilines is 1. The summed E-state index contributed by atoms with van der Waals surface area (Å²) >= 11 is 6.47. The van der Waals surface area contributed by atoms with Crippen molar-refractivity contribution in [3.63, 3.8) is 0 Å². The van der Waals surface area contributed by atoms with Gasteiger partial charge in [0.1, 0.15) is 0 Å². The Morgan fingerprint density at radius 3 is 2.44 bits per heavy atom. The topological polar surface area (TPSA) is 29.3 Å². The third-order valence-corrected chi connectivity index (χ3v) is 4.80. The minimum Gasteiger partial charge on any atom is -0.370 e. The molecule has 0 atom stereocenters. The van der Waals surface area contributed by atoms with E-state index in [0.29, 0.717) is 0 Å². The lowest BCUT2D eigenvalue weighted by Crippen LogP contribution is -2.29. The quantitative estimate of drug-likeness (QED) is 0.908. The van der Waals surface area contributed by atoms with Crippen LogP contribution in [0.4, 0.5) is 5.69 Å². The fourth-order valence-corrected chi connectivity index (χ4v) is 3.29. The van der Waals surface area contributed by atoms with E-state index in [-0.39, 0.29) is 5.41 Å². The van der Waals surface area contributed by atoms with Gasteiger partial charge in [-0.15, -0.1) is 0 Å². The van der Waals surface area contributed by atoms with Crippen LogP contribution < -0.4 is 10.6 Å². The van der Waals surface area contributed by atoms with Gasteiger partial charge in [0, 0.05) is 25.0 Å². The minimum absolute atomic E-state index is 0.240. The van der Waals surface area contributed by atoms with Gasteiger partial charge in [-0.05, 0) is 49.8 Å². The Morgan fingerprint density at radius 2 is 1.89 bits per heavy atom. The zero-order valence-corrected chi connectivity index (χ0v) is 11.5. The predicted octanol–water partition coefficient (Wildman–Crippen LogP) is 3.32. The Labute approximate surface area is 114 Å². The molecule has 2 aliphatic rings. The van der Waals surface area contributed by atoms with Crippen molar-refractivity contribution in [1.29, 1.82) is 0 Å². The first-order chi connectivity index (χ1) is 8.75. The van der Waals surface area contributed by atoms with E-state index in [4.69, 9.17) is 17.3 Å². The number of piperidine rings is 1. The van der Waals surface area contributed by atoms with Gasteiger partial charge in [-0.1, -0.05) is 17.7 Å². The van der Waals surface area contributed by atoms with Crippen LogP contribution in [-0.2, 0) is 5.41 Å². The first-order valence-corrected chi connectivity index (χ1v) is 7.38. The highest BCUT2D eigenvalue weighted by atomic mass is 35.5. The van der Waals surface area contributed by atoms with Gasteiger partial charge < -0.3 is 10.6 Å². The number of benzene rings is 1. The maximum atomic E-state index is 6.47. The number of hydrogen-bond acceptors (Lipinski definition) is 2. The summed E-state index contributed by atoms with van der Waals surface area (Å²) in [4.78, 5) is 2.41. The largest absolute Gasteiger partial charge is 0.370 e. The number of halogens is 1. The second-order valence-corrected chi connectivity index (χ2v) is 6.11. The highest BCUT2D eigenvalue weighted by Gasteiger charge is 2.43. The predicted molar refractivity (Wildman–Crippen MR) is 77.5 cm³/mol. The molecule has 1 aromatic rings. The van der Waals surface area contributed by atoms with Crippen molar-refractivity contribution >= 4 is 17.3 Å². The molecule has 2 fully saturated rings. The summed E-state index contributed by atoms with van der Waals surface area (Å²) in [6.07, 6.45) is 6.34. The van der Waals surface area contributed by atoms with E-state index in [9.17, 15) is 0 Å². The van der Waals surface area contributed by atoms with Gasteiger partial charge >= 0.3 is 0 Å². The number of nitrogens with zero attached hydrogens (tertiary/aromatic N) is 1. The average molecular weight is 265 g/mol. The molecule has 0 radical (unpaired) electrons. The van der Waals surface area contributed by atoms with Crippen LogP contribution in [0.2, 0.25) is 5.02 Å². The highest BCUT2D eigenvalue weighted by Crippen LogP contribution is 2.48. The lowest BCUT2D eigenvalue weighted by Gasteiger charge is -2.30. The maximum Gasteiger partial charge on any atom is 0.0642 e. The molecular formula is C15H21ClN2. The third kappa shape index (κ3) is 2.12. The van der Waals surface area contributed by atoms with Crippen molar-refractivity contribution in [1.82, 2.24) is 0 Å². The SMILES string of the molecule is NCC1(c2ccc(N3CCCCC3)c(Cl)c2)CC1. The van der Waals surface area contributed by atoms with E-state index in [0.717, 1.165) is 24.7 Å². The molecule has 0 amide bonds. The standard InChI is InChI=1S/C15H21ClN2/c16-13-10-12(15(11-17)6-7-15)4-5-14(13)18-8-2-1-3-9-18/h4-5,10H,1-3,6-9,11,17H2. The first-order valence-electron chi connectivity index (χ1n) is 7.00. The second-order valence-electron chi connectivity index (χ2n) is 5.70. The van der Waals surface area contributed by atoms with E-state index in [1.165, 1.54) is 43.4 Å². The van der Waals surface area contributed by atoms with Crippen molar-refractivity contribution in [3.8, 4) is 0 Å². The van der Waals surface area contributed by atoms with Crippen LogP contribution in [0.3, 0.4) is 0 Å². The molecule has 3 rings (SSSR count). The second kappa shape index (κ2) is 4.75. The molecule has 2 N–H and O–H groups in total. The van der Waals surface area contributed by atoms with Gasteiger partial charge in [0.25, 0.3) is 0 Å². The molecule has 98 valence electrons. The van der Waals surface area contributed by atoms with Crippen LogP contribution in [0.1, 0.15) is 37.7 Å². The van der Waals surface area contributed by atoms with Gasteiger partial charge in [0.2, 0.25) is 0 Å². The monoisotopic (exact) mass is 264 g/mol. The molecule has 1 saturated heterocycles. The molecular weight excluding hydrogens is 244 g/mol. The van der Waals surface area contributed by atoms with Crippen LogP contribution in [0.25, 0.3) is 0 Å². The first kappa shape index (κ1) is 12.3. The minimum atomic E-state index is 0.240. The number of hydrogen-bond donors (Lipinski definition) is 1. The van der Waals surface area contributed by atoms with E-state index in [1.807, 2.05) is 0 Å². The molecule has 0 spiro atoms. The molecule has 1 aliphatic carbocycles. The Bertz CT molecular complexity index is 434. The fourth-order valence-electron chi connectivity index (χ4n) is 2.99. The number of nitrogens with two attached hydrogens (primary N) is 1. The van der Waals surface area contributed by atoms with Crippen molar-refractivity contribution < 1.29 is 0 Å². The van der Waals surface area contributed by atoms with Crippen molar-refractivity contribution in [2.75, 3.05) is 24.5 Å². The molecule has 0 unspecified atom stereocenters. The molecule has 1 aliphatic heterocycles. The molecule has 1 aromatic carbocycles. The molecule has 2 nitrogen and oxygen atoms in total. The van der Waals surface area contributed by atoms with Crippen molar-refractivity contribution in [3.05, 3.63) is 28.8 Å². The summed E-state index contributed by atoms with van der Waals surface area (Å²) < 4.78 is 0. The summed E-state index contributed by atoms with van der Waals surface area (Å²) in [6, 6.07) is 6.57. The Kier molecular flexibility index (Phi) is 3.25. The van der Waals surface area contributed by atoms with E-state index < -0.39 is 0 Å². The van der Waals surface area contributed by atoms with Gasteiger partial charge in [0.05, 0.1) is 10.7 Å². The highest BCUT2D eigenvalue weighted by molar-refractivity contribution is 6.33. The Balaban J connectivity index is 1.84. The third-order valence-electron chi connectivity index (χ3n) is 4.50. The van der Waals surface area contributed by atoms with Crippen LogP contribution in [0.5, 0.6) is 0 Å². The zero-order chi connectivity index (χ0) is 12.6. The summed E-state index contributed by atoms with van der Waals surface area (Å²) in [5.74, 6) is 0. The summed E-state index contributed by atoms with van der Waals surface area (Å²) in [5, 5.41) is 0.897. The lowest BCUT2D eigenvalue weighted by atomic mass is 9.95. The molecule has 0 bridgehead atoms. The van der Waals surface area contributed by atoms with Crippen molar-refractivity contribution in [2.45, 2.75) is 37.5 Å². The molecule has 1 saturated carbocycles. The molecule has 1 heterocycles. The lowest BCUT2D eigenvalue weighted by molar-refractivity contribution is 0.577. The Morgan fingerprint density at radius 1 is 1.17 bits per heavy atom. The summed E-state index contributed by atoms with van der Waals surface area (Å²) in [6.45, 7) is 3.02. The van der Waals surface area contributed by atoms with E-state index in [1.54, 1.807) is 0 Å². The average Bonchev–Trinajstić information content (AvgIpc) is 3.21. The number of rotatable bonds is 3. The van der Waals surface area contributed by atoms with Crippen LogP contribution in [0, 0.1) is 0 Å². The smallest absolute Gasteiger partial charge is 0.0642 e. The molecule has 0 aromatic heterocycles. The molecule has 18 heavy (non-hydrogen) atoms.